The van der Waals surface area contributed by atoms with Crippen LogP contribution in [0, 0.1) is 23.7 Å². The van der Waals surface area contributed by atoms with Crippen molar-refractivity contribution in [2.24, 2.45) is 23.7 Å². The van der Waals surface area contributed by atoms with Gasteiger partial charge in [-0.15, -0.1) is 0 Å². The van der Waals surface area contributed by atoms with Gasteiger partial charge >= 0.3 is 0 Å². The van der Waals surface area contributed by atoms with E-state index in [1.54, 1.807) is 34.1 Å². The van der Waals surface area contributed by atoms with Gasteiger partial charge in [-0.3, -0.25) is 28.8 Å². The van der Waals surface area contributed by atoms with Crippen LogP contribution < -0.4 is 21.3 Å². The molecule has 4 aliphatic rings. The number of nitrogens with zero attached hydrogens (tertiary/aromatic N) is 2. The molecule has 3 aromatic carbocycles. The molecule has 3 aromatic rings. The van der Waals surface area contributed by atoms with Crippen molar-refractivity contribution in [1.82, 2.24) is 31.1 Å². The van der Waals surface area contributed by atoms with E-state index in [1.165, 1.54) is 11.1 Å². The van der Waals surface area contributed by atoms with E-state index in [4.69, 9.17) is 0 Å². The van der Waals surface area contributed by atoms with Gasteiger partial charge in [0.25, 0.3) is 11.8 Å². The summed E-state index contributed by atoms with van der Waals surface area (Å²) in [6.45, 7) is 5.98. The number of benzene rings is 3. The lowest BCUT2D eigenvalue weighted by Crippen LogP contribution is -2.52. The van der Waals surface area contributed by atoms with Crippen LogP contribution in [0.5, 0.6) is 0 Å². The standard InChI is InChI=1S/C51H66N6O6/c1-3-5-7-15-25-52-46(58)38-27-39(47(59)53-26-16-8-6-4-2)31-56(30-38)50(62)36-21-23-37(24-22-36)51(63)57-32-42(48(60)54-44-28-40(44)34-17-11-9-12-18-34)43(33-57)49(61)55-45-29-41(45)35-19-13-10-14-20-35/h9-14,17-24,38-45H,3-8,15-16,25-33H2,1-2H3,(H,52,58)(H,53,59)(H,54,60)(H,55,61)/t38-,39+,40-,41-,42-,43-,44+,45+/m1/s1. The molecular formula is C51H66N6O6. The van der Waals surface area contributed by atoms with Gasteiger partial charge in [0.15, 0.2) is 0 Å². The molecule has 6 amide bonds. The van der Waals surface area contributed by atoms with Crippen molar-refractivity contribution in [2.75, 3.05) is 39.3 Å². The maximum Gasteiger partial charge on any atom is 0.253 e. The van der Waals surface area contributed by atoms with Crippen LogP contribution in [-0.2, 0) is 19.2 Å². The van der Waals surface area contributed by atoms with Gasteiger partial charge in [0, 0.05) is 74.3 Å². The minimum Gasteiger partial charge on any atom is -0.356 e. The highest BCUT2D eigenvalue weighted by Crippen LogP contribution is 2.43. The summed E-state index contributed by atoms with van der Waals surface area (Å²) in [6.07, 6.45) is 10.2. The fraction of sp³-hybridized carbons (Fsp3) is 0.529. The molecule has 0 unspecified atom stereocenters. The first-order valence-electron chi connectivity index (χ1n) is 23.6. The number of hydrogen-bond acceptors (Lipinski definition) is 6. The molecular weight excluding hydrogens is 793 g/mol. The van der Waals surface area contributed by atoms with Gasteiger partial charge in [0.2, 0.25) is 23.6 Å². The van der Waals surface area contributed by atoms with E-state index >= 15 is 0 Å². The van der Waals surface area contributed by atoms with Crippen molar-refractivity contribution in [3.8, 4) is 0 Å². The Balaban J connectivity index is 1.00. The van der Waals surface area contributed by atoms with Crippen molar-refractivity contribution >= 4 is 35.4 Å². The summed E-state index contributed by atoms with van der Waals surface area (Å²) in [5, 5.41) is 12.5. The summed E-state index contributed by atoms with van der Waals surface area (Å²) < 4.78 is 0. The van der Waals surface area contributed by atoms with Crippen molar-refractivity contribution in [3.05, 3.63) is 107 Å². The Morgan fingerprint density at radius 2 is 0.873 bits per heavy atom. The van der Waals surface area contributed by atoms with Crippen LogP contribution in [0.4, 0.5) is 0 Å². The third kappa shape index (κ3) is 11.9. The first-order chi connectivity index (χ1) is 30.6. The number of amides is 6. The third-order valence-electron chi connectivity index (χ3n) is 13.5. The van der Waals surface area contributed by atoms with Crippen molar-refractivity contribution in [2.45, 2.75) is 108 Å². The zero-order valence-corrected chi connectivity index (χ0v) is 37.1. The maximum absolute atomic E-state index is 14.1. The van der Waals surface area contributed by atoms with Crippen LogP contribution in [-0.4, -0.2) is 96.6 Å². The summed E-state index contributed by atoms with van der Waals surface area (Å²) in [5.41, 5.74) is 3.01. The molecule has 0 radical (unpaired) electrons. The Kier molecular flexibility index (Phi) is 15.7. The molecule has 7 rings (SSSR count). The maximum atomic E-state index is 14.1. The average molecular weight is 859 g/mol. The molecule has 0 aromatic heterocycles. The SMILES string of the molecule is CCCCCCNC(=O)[C@@H]1C[C@H](C(=O)NCCCCCC)CN(C(=O)c2ccc(C(=O)N3C[C@@H](C(=O)N[C@H]4C[C@@H]4c4ccccc4)[C@H](C(=O)N[C@H]4C[C@@H]4c4ccccc4)C3)cc2)C1. The number of carbonyl (C=O) groups is 6. The zero-order valence-electron chi connectivity index (χ0n) is 37.1. The summed E-state index contributed by atoms with van der Waals surface area (Å²) >= 11 is 0. The van der Waals surface area contributed by atoms with E-state index in [1.807, 2.05) is 36.4 Å². The van der Waals surface area contributed by atoms with E-state index in [0.717, 1.165) is 64.2 Å². The number of unbranched alkanes of at least 4 members (excludes halogenated alkanes) is 6. The summed E-state index contributed by atoms with van der Waals surface area (Å²) in [5.74, 6) is -3.42. The summed E-state index contributed by atoms with van der Waals surface area (Å²) in [7, 11) is 0. The average Bonchev–Trinajstić information content (AvgIpc) is 4.23. The quantitative estimate of drug-likeness (QED) is 0.0994. The number of nitrogens with one attached hydrogen (secondary N) is 4. The monoisotopic (exact) mass is 859 g/mol. The Morgan fingerprint density at radius 3 is 1.27 bits per heavy atom. The van der Waals surface area contributed by atoms with Crippen molar-refractivity contribution in [1.29, 1.82) is 0 Å². The topological polar surface area (TPSA) is 157 Å². The largest absolute Gasteiger partial charge is 0.356 e. The summed E-state index contributed by atoms with van der Waals surface area (Å²) in [6, 6.07) is 26.5. The number of rotatable bonds is 20. The molecule has 2 aliphatic heterocycles. The minimum absolute atomic E-state index is 0.0235. The van der Waals surface area contributed by atoms with Gasteiger partial charge in [-0.25, -0.2) is 0 Å². The van der Waals surface area contributed by atoms with Gasteiger partial charge in [-0.2, -0.15) is 0 Å². The number of carbonyl (C=O) groups excluding carboxylic acids is 6. The van der Waals surface area contributed by atoms with Crippen LogP contribution >= 0.6 is 0 Å². The predicted molar refractivity (Wildman–Crippen MR) is 243 cm³/mol. The molecule has 0 bridgehead atoms. The number of piperidine rings is 1. The number of hydrogen-bond donors (Lipinski definition) is 4. The summed E-state index contributed by atoms with van der Waals surface area (Å²) in [4.78, 5) is 86.0. The molecule has 4 N–H and O–H groups in total. The molecule has 336 valence electrons. The molecule has 2 saturated carbocycles. The third-order valence-corrected chi connectivity index (χ3v) is 13.5. The first-order valence-corrected chi connectivity index (χ1v) is 23.6. The highest BCUT2D eigenvalue weighted by atomic mass is 16.2. The normalized spacial score (nSPS) is 24.9. The van der Waals surface area contributed by atoms with Crippen molar-refractivity contribution < 1.29 is 28.8 Å². The van der Waals surface area contributed by atoms with E-state index < -0.39 is 23.7 Å². The Morgan fingerprint density at radius 1 is 0.476 bits per heavy atom. The van der Waals surface area contributed by atoms with Gasteiger partial charge < -0.3 is 31.1 Å². The Labute approximate surface area is 372 Å². The molecule has 2 aliphatic carbocycles. The zero-order chi connectivity index (χ0) is 44.3. The van der Waals surface area contributed by atoms with Gasteiger partial charge in [0.05, 0.1) is 23.7 Å². The molecule has 4 fully saturated rings. The fourth-order valence-corrected chi connectivity index (χ4v) is 9.51. The Hall–Kier alpha value is -5.52. The lowest BCUT2D eigenvalue weighted by molar-refractivity contribution is -0.133. The molecule has 12 heteroatoms. The van der Waals surface area contributed by atoms with Crippen LogP contribution in [0.25, 0.3) is 0 Å². The second-order valence-corrected chi connectivity index (χ2v) is 18.3. The molecule has 8 atom stereocenters. The van der Waals surface area contributed by atoms with Crippen LogP contribution in [0.2, 0.25) is 0 Å². The second kappa shape index (κ2) is 21.7. The predicted octanol–water partition coefficient (Wildman–Crippen LogP) is 6.19. The van der Waals surface area contributed by atoms with E-state index in [0.29, 0.717) is 30.6 Å². The number of likely N-dealkylation sites (tertiary alicyclic amines) is 2. The fourth-order valence-electron chi connectivity index (χ4n) is 9.51. The van der Waals surface area contributed by atoms with Crippen molar-refractivity contribution in [3.63, 3.8) is 0 Å². The molecule has 12 nitrogen and oxygen atoms in total. The lowest BCUT2D eigenvalue weighted by Gasteiger charge is -2.36. The Bertz CT molecular complexity index is 1940. The van der Waals surface area contributed by atoms with E-state index in [2.05, 4.69) is 59.4 Å². The smallest absolute Gasteiger partial charge is 0.253 e. The van der Waals surface area contributed by atoms with Gasteiger partial charge in [-0.05, 0) is 67.5 Å². The molecule has 2 saturated heterocycles. The van der Waals surface area contributed by atoms with Crippen LogP contribution in [0.3, 0.4) is 0 Å². The lowest BCUT2D eigenvalue weighted by atomic mass is 9.87. The van der Waals surface area contributed by atoms with E-state index in [-0.39, 0.29) is 85.5 Å². The van der Waals surface area contributed by atoms with E-state index in [9.17, 15) is 28.8 Å². The molecule has 2 heterocycles. The first kappa shape index (κ1) is 45.5. The highest BCUT2D eigenvalue weighted by molar-refractivity contribution is 5.99. The second-order valence-electron chi connectivity index (χ2n) is 18.3. The van der Waals surface area contributed by atoms with Gasteiger partial charge in [0.1, 0.15) is 0 Å². The minimum atomic E-state index is -0.720. The highest BCUT2D eigenvalue weighted by Gasteiger charge is 2.49. The van der Waals surface area contributed by atoms with Crippen LogP contribution in [0.1, 0.15) is 128 Å². The van der Waals surface area contributed by atoms with Crippen LogP contribution in [0.15, 0.2) is 84.9 Å². The van der Waals surface area contributed by atoms with Gasteiger partial charge in [-0.1, -0.05) is 113 Å². The molecule has 0 spiro atoms. The molecule has 63 heavy (non-hydrogen) atoms.